The Hall–Kier alpha value is -3.56. The third kappa shape index (κ3) is 3.76. The van der Waals surface area contributed by atoms with E-state index in [9.17, 15) is 14.4 Å². The Morgan fingerprint density at radius 3 is 2.75 bits per heavy atom. The minimum absolute atomic E-state index is 0.0397. The topological polar surface area (TPSA) is 91.6 Å². The van der Waals surface area contributed by atoms with Gasteiger partial charge < -0.3 is 14.8 Å². The Morgan fingerprint density at radius 1 is 1.06 bits per heavy atom. The molecule has 0 saturated heterocycles. The quantitative estimate of drug-likeness (QED) is 0.484. The molecule has 1 amide bonds. The summed E-state index contributed by atoms with van der Waals surface area (Å²) in [5.74, 6) is 0.772. The van der Waals surface area contributed by atoms with E-state index in [1.165, 1.54) is 15.9 Å². The van der Waals surface area contributed by atoms with Gasteiger partial charge in [0.05, 0.1) is 12.1 Å². The number of carbonyl (C=O) groups is 1. The van der Waals surface area contributed by atoms with Gasteiger partial charge in [0.25, 0.3) is 5.56 Å². The second-order valence-electron chi connectivity index (χ2n) is 7.14. The molecule has 0 fully saturated rings. The lowest BCUT2D eigenvalue weighted by atomic mass is 10.2. The molecule has 0 atom stereocenters. The number of thiophene rings is 1. The fraction of sp³-hybridized carbons (Fsp3) is 0.136. The van der Waals surface area contributed by atoms with Crippen molar-refractivity contribution in [1.29, 1.82) is 0 Å². The molecule has 4 aromatic rings. The van der Waals surface area contributed by atoms with E-state index in [0.29, 0.717) is 38.0 Å². The SMILES string of the molecule is O=C(Cn1c(=O)n(Cc2ccc3c(c2)OCO3)c(=O)c2sccc21)Nc1cccc(Cl)c1. The van der Waals surface area contributed by atoms with Gasteiger partial charge in [0.2, 0.25) is 12.7 Å². The van der Waals surface area contributed by atoms with E-state index in [2.05, 4.69) is 5.32 Å². The van der Waals surface area contributed by atoms with Crippen LogP contribution in [0.5, 0.6) is 11.5 Å². The molecule has 0 spiro atoms. The summed E-state index contributed by atoms with van der Waals surface area (Å²) in [6, 6.07) is 13.6. The number of nitrogens with zero attached hydrogens (tertiary/aromatic N) is 2. The number of carbonyl (C=O) groups excluding carboxylic acids is 1. The van der Waals surface area contributed by atoms with Gasteiger partial charge in [-0.2, -0.15) is 0 Å². The number of aromatic nitrogens is 2. The smallest absolute Gasteiger partial charge is 0.332 e. The highest BCUT2D eigenvalue weighted by molar-refractivity contribution is 7.17. The average molecular weight is 470 g/mol. The Balaban J connectivity index is 1.50. The molecule has 0 unspecified atom stereocenters. The van der Waals surface area contributed by atoms with Gasteiger partial charge in [0, 0.05) is 10.7 Å². The molecule has 32 heavy (non-hydrogen) atoms. The number of anilines is 1. The van der Waals surface area contributed by atoms with Crippen molar-refractivity contribution in [3.63, 3.8) is 0 Å². The normalized spacial score (nSPS) is 12.3. The summed E-state index contributed by atoms with van der Waals surface area (Å²) in [6.07, 6.45) is 0. The fourth-order valence-electron chi connectivity index (χ4n) is 3.56. The summed E-state index contributed by atoms with van der Waals surface area (Å²) in [5.41, 5.74) is 0.683. The Kier molecular flexibility index (Phi) is 5.20. The van der Waals surface area contributed by atoms with Crippen LogP contribution < -0.4 is 26.0 Å². The summed E-state index contributed by atoms with van der Waals surface area (Å²) in [4.78, 5) is 38.9. The molecule has 1 N–H and O–H groups in total. The van der Waals surface area contributed by atoms with E-state index in [4.69, 9.17) is 21.1 Å². The Morgan fingerprint density at radius 2 is 1.91 bits per heavy atom. The summed E-state index contributed by atoms with van der Waals surface area (Å²) in [5, 5.41) is 4.94. The first-order valence-corrected chi connectivity index (χ1v) is 10.9. The maximum atomic E-state index is 13.3. The van der Waals surface area contributed by atoms with Crippen LogP contribution >= 0.6 is 22.9 Å². The average Bonchev–Trinajstić information content (AvgIpc) is 3.43. The Bertz CT molecular complexity index is 1470. The first-order valence-electron chi connectivity index (χ1n) is 9.64. The van der Waals surface area contributed by atoms with Crippen molar-refractivity contribution in [2.24, 2.45) is 0 Å². The standard InChI is InChI=1S/C22H16ClN3O5S/c23-14-2-1-3-15(9-14)24-19(27)11-25-16-6-7-32-20(16)21(28)26(22(25)29)10-13-4-5-17-18(8-13)31-12-30-17/h1-9H,10-12H2,(H,24,27). The van der Waals surface area contributed by atoms with Crippen molar-refractivity contribution in [2.75, 3.05) is 12.1 Å². The van der Waals surface area contributed by atoms with E-state index in [-0.39, 0.29) is 19.9 Å². The largest absolute Gasteiger partial charge is 0.454 e. The molecule has 0 radical (unpaired) electrons. The molecule has 10 heteroatoms. The van der Waals surface area contributed by atoms with Crippen molar-refractivity contribution in [3.05, 3.63) is 85.3 Å². The molecular weight excluding hydrogens is 454 g/mol. The highest BCUT2D eigenvalue weighted by Crippen LogP contribution is 2.32. The molecule has 1 aliphatic rings. The second-order valence-corrected chi connectivity index (χ2v) is 8.49. The van der Waals surface area contributed by atoms with Crippen molar-refractivity contribution >= 4 is 44.7 Å². The van der Waals surface area contributed by atoms with Gasteiger partial charge in [-0.15, -0.1) is 11.3 Å². The number of ether oxygens (including phenoxy) is 2. The van der Waals surface area contributed by atoms with Gasteiger partial charge >= 0.3 is 5.69 Å². The number of rotatable bonds is 5. The van der Waals surface area contributed by atoms with Gasteiger partial charge in [0.15, 0.2) is 11.5 Å². The van der Waals surface area contributed by atoms with Crippen molar-refractivity contribution in [2.45, 2.75) is 13.1 Å². The summed E-state index contributed by atoms with van der Waals surface area (Å²) in [6.45, 7) is -0.0769. The summed E-state index contributed by atoms with van der Waals surface area (Å²) in [7, 11) is 0. The highest BCUT2D eigenvalue weighted by atomic mass is 35.5. The lowest BCUT2D eigenvalue weighted by Crippen LogP contribution is -2.41. The minimum atomic E-state index is -0.570. The predicted molar refractivity (Wildman–Crippen MR) is 122 cm³/mol. The maximum absolute atomic E-state index is 13.3. The number of halogens is 1. The number of benzene rings is 2. The van der Waals surface area contributed by atoms with Gasteiger partial charge in [-0.25, -0.2) is 4.79 Å². The van der Waals surface area contributed by atoms with Crippen LogP contribution in [0.25, 0.3) is 10.2 Å². The lowest BCUT2D eigenvalue weighted by Gasteiger charge is -2.13. The third-order valence-corrected chi connectivity index (χ3v) is 6.15. The van der Waals surface area contributed by atoms with E-state index >= 15 is 0 Å². The third-order valence-electron chi connectivity index (χ3n) is 5.02. The van der Waals surface area contributed by atoms with Gasteiger partial charge in [-0.05, 0) is 47.3 Å². The Labute approximate surface area is 190 Å². The molecule has 8 nitrogen and oxygen atoms in total. The zero-order valence-corrected chi connectivity index (χ0v) is 18.1. The molecule has 0 bridgehead atoms. The number of amides is 1. The van der Waals surface area contributed by atoms with Crippen LogP contribution in [-0.2, 0) is 17.9 Å². The van der Waals surface area contributed by atoms with Gasteiger partial charge in [-0.1, -0.05) is 23.7 Å². The first-order chi connectivity index (χ1) is 15.5. The highest BCUT2D eigenvalue weighted by Gasteiger charge is 2.18. The molecule has 162 valence electrons. The monoisotopic (exact) mass is 469 g/mol. The van der Waals surface area contributed by atoms with Crippen LogP contribution in [0, 0.1) is 0 Å². The predicted octanol–water partition coefficient (Wildman–Crippen LogP) is 3.29. The van der Waals surface area contributed by atoms with Crippen LogP contribution in [0.3, 0.4) is 0 Å². The first kappa shape index (κ1) is 20.3. The van der Waals surface area contributed by atoms with E-state index in [1.54, 1.807) is 53.9 Å². The number of hydrogen-bond donors (Lipinski definition) is 1. The van der Waals surface area contributed by atoms with Crippen LogP contribution in [0.15, 0.2) is 63.5 Å². The molecule has 5 rings (SSSR count). The van der Waals surface area contributed by atoms with E-state index in [0.717, 1.165) is 4.57 Å². The minimum Gasteiger partial charge on any atom is -0.454 e. The number of hydrogen-bond acceptors (Lipinski definition) is 6. The number of fused-ring (bicyclic) bond motifs is 2. The van der Waals surface area contributed by atoms with Crippen LogP contribution in [0.4, 0.5) is 5.69 Å². The molecule has 2 aromatic carbocycles. The van der Waals surface area contributed by atoms with Crippen molar-refractivity contribution in [3.8, 4) is 11.5 Å². The zero-order valence-electron chi connectivity index (χ0n) is 16.5. The van der Waals surface area contributed by atoms with E-state index in [1.807, 2.05) is 0 Å². The zero-order chi connectivity index (χ0) is 22.2. The molecule has 0 saturated carbocycles. The molecule has 3 heterocycles. The van der Waals surface area contributed by atoms with Crippen molar-refractivity contribution < 1.29 is 14.3 Å². The fourth-order valence-corrected chi connectivity index (χ4v) is 4.59. The second kappa shape index (κ2) is 8.18. The summed E-state index contributed by atoms with van der Waals surface area (Å²) < 4.78 is 13.5. The van der Waals surface area contributed by atoms with Gasteiger partial charge in [0.1, 0.15) is 11.2 Å². The van der Waals surface area contributed by atoms with Crippen LogP contribution in [-0.4, -0.2) is 21.8 Å². The molecule has 0 aliphatic carbocycles. The van der Waals surface area contributed by atoms with Crippen LogP contribution in [0.2, 0.25) is 5.02 Å². The maximum Gasteiger partial charge on any atom is 0.332 e. The molecule has 2 aromatic heterocycles. The lowest BCUT2D eigenvalue weighted by molar-refractivity contribution is -0.116. The van der Waals surface area contributed by atoms with Crippen molar-refractivity contribution in [1.82, 2.24) is 9.13 Å². The molecule has 1 aliphatic heterocycles. The molecular formula is C22H16ClN3O5S. The van der Waals surface area contributed by atoms with Gasteiger partial charge in [-0.3, -0.25) is 18.7 Å². The number of nitrogens with one attached hydrogen (secondary N) is 1. The van der Waals surface area contributed by atoms with E-state index < -0.39 is 17.2 Å². The summed E-state index contributed by atoms with van der Waals surface area (Å²) >= 11 is 7.20. The van der Waals surface area contributed by atoms with Crippen LogP contribution in [0.1, 0.15) is 5.56 Å².